The van der Waals surface area contributed by atoms with E-state index in [1.54, 1.807) is 0 Å². The van der Waals surface area contributed by atoms with E-state index >= 15 is 0 Å². The number of nitrogens with zero attached hydrogens (tertiary/aromatic N) is 3. The standard InChI is InChI=1S/C17H16FN3O4S2/c18-16-3-1-2-4-17(16)27(24,25)21-11-9-20(10-12-21)26(22,23)15-7-5-14(13-19)6-8-15/h1-8H,9-12H2. The maximum absolute atomic E-state index is 13.9. The molecule has 0 atom stereocenters. The highest BCUT2D eigenvalue weighted by Gasteiger charge is 2.34. The average molecular weight is 409 g/mol. The van der Waals surface area contributed by atoms with Crippen molar-refractivity contribution in [3.05, 3.63) is 59.9 Å². The van der Waals surface area contributed by atoms with E-state index in [0.717, 1.165) is 10.4 Å². The zero-order valence-corrected chi connectivity index (χ0v) is 15.7. The fourth-order valence-electron chi connectivity index (χ4n) is 2.79. The number of nitriles is 1. The Bertz CT molecular complexity index is 1090. The molecule has 1 saturated heterocycles. The molecule has 1 aliphatic rings. The lowest BCUT2D eigenvalue weighted by molar-refractivity contribution is 0.272. The van der Waals surface area contributed by atoms with Gasteiger partial charge in [0, 0.05) is 26.2 Å². The van der Waals surface area contributed by atoms with E-state index in [4.69, 9.17) is 5.26 Å². The van der Waals surface area contributed by atoms with Gasteiger partial charge < -0.3 is 0 Å². The minimum absolute atomic E-state index is 0.0342. The summed E-state index contributed by atoms with van der Waals surface area (Å²) in [4.78, 5) is -0.389. The number of rotatable bonds is 4. The smallest absolute Gasteiger partial charge is 0.207 e. The highest BCUT2D eigenvalue weighted by atomic mass is 32.2. The van der Waals surface area contributed by atoms with Crippen molar-refractivity contribution in [2.75, 3.05) is 26.2 Å². The first kappa shape index (κ1) is 19.4. The van der Waals surface area contributed by atoms with E-state index < -0.39 is 30.8 Å². The second kappa shape index (κ2) is 7.36. The zero-order chi connectivity index (χ0) is 19.7. The van der Waals surface area contributed by atoms with Crippen molar-refractivity contribution in [2.45, 2.75) is 9.79 Å². The second-order valence-corrected chi connectivity index (χ2v) is 9.72. The predicted molar refractivity (Wildman–Crippen MR) is 95.1 cm³/mol. The molecule has 0 amide bonds. The van der Waals surface area contributed by atoms with Gasteiger partial charge in [0.1, 0.15) is 10.7 Å². The molecule has 2 aromatic rings. The molecule has 0 N–H and O–H groups in total. The highest BCUT2D eigenvalue weighted by Crippen LogP contribution is 2.23. The Balaban J connectivity index is 1.77. The third kappa shape index (κ3) is 3.72. The molecule has 0 spiro atoms. The van der Waals surface area contributed by atoms with Crippen molar-refractivity contribution in [2.24, 2.45) is 0 Å². The molecule has 0 unspecified atom stereocenters. The molecule has 0 saturated carbocycles. The Morgan fingerprint density at radius 2 is 1.33 bits per heavy atom. The minimum Gasteiger partial charge on any atom is -0.207 e. The van der Waals surface area contributed by atoms with Crippen LogP contribution in [0.3, 0.4) is 0 Å². The van der Waals surface area contributed by atoms with Crippen LogP contribution in [-0.2, 0) is 20.0 Å². The Morgan fingerprint density at radius 1 is 0.815 bits per heavy atom. The largest absolute Gasteiger partial charge is 0.246 e. The number of benzene rings is 2. The van der Waals surface area contributed by atoms with Gasteiger partial charge in [0.15, 0.2) is 0 Å². The lowest BCUT2D eigenvalue weighted by Crippen LogP contribution is -2.50. The van der Waals surface area contributed by atoms with Crippen LogP contribution in [0.5, 0.6) is 0 Å². The summed E-state index contributed by atoms with van der Waals surface area (Å²) in [6.45, 7) is -0.246. The first-order chi connectivity index (χ1) is 12.8. The maximum Gasteiger partial charge on any atom is 0.246 e. The molecule has 0 aliphatic carbocycles. The molecule has 10 heteroatoms. The van der Waals surface area contributed by atoms with Gasteiger partial charge >= 0.3 is 0 Å². The first-order valence-electron chi connectivity index (χ1n) is 8.02. The van der Waals surface area contributed by atoms with Crippen LogP contribution in [0, 0.1) is 17.1 Å². The third-order valence-electron chi connectivity index (χ3n) is 4.27. The quantitative estimate of drug-likeness (QED) is 0.760. The fourth-order valence-corrected chi connectivity index (χ4v) is 5.70. The van der Waals surface area contributed by atoms with Crippen LogP contribution >= 0.6 is 0 Å². The van der Waals surface area contributed by atoms with Gasteiger partial charge in [0.25, 0.3) is 0 Å². The van der Waals surface area contributed by atoms with Crippen LogP contribution in [-0.4, -0.2) is 51.6 Å². The monoisotopic (exact) mass is 409 g/mol. The Hall–Kier alpha value is -2.32. The minimum atomic E-state index is -4.03. The first-order valence-corrected chi connectivity index (χ1v) is 10.9. The van der Waals surface area contributed by atoms with E-state index in [2.05, 4.69) is 0 Å². The number of piperazine rings is 1. The molecular weight excluding hydrogens is 393 g/mol. The predicted octanol–water partition coefficient (Wildman–Crippen LogP) is 1.39. The van der Waals surface area contributed by atoms with Crippen molar-refractivity contribution in [3.63, 3.8) is 0 Å². The Kier molecular flexibility index (Phi) is 5.30. The van der Waals surface area contributed by atoms with Crippen LogP contribution in [0.4, 0.5) is 4.39 Å². The van der Waals surface area contributed by atoms with Crippen LogP contribution < -0.4 is 0 Å². The van der Waals surface area contributed by atoms with E-state index in [1.165, 1.54) is 46.8 Å². The van der Waals surface area contributed by atoms with Gasteiger partial charge in [0.2, 0.25) is 20.0 Å². The lowest BCUT2D eigenvalue weighted by Gasteiger charge is -2.33. The molecule has 1 heterocycles. The number of halogens is 1. The van der Waals surface area contributed by atoms with Crippen molar-refractivity contribution in [1.82, 2.24) is 8.61 Å². The van der Waals surface area contributed by atoms with Gasteiger partial charge in [-0.15, -0.1) is 0 Å². The van der Waals surface area contributed by atoms with Gasteiger partial charge in [0.05, 0.1) is 16.5 Å². The van der Waals surface area contributed by atoms with Crippen LogP contribution in [0.25, 0.3) is 0 Å². The molecule has 27 heavy (non-hydrogen) atoms. The van der Waals surface area contributed by atoms with Gasteiger partial charge in [-0.3, -0.25) is 0 Å². The number of hydrogen-bond donors (Lipinski definition) is 0. The summed E-state index contributed by atoms with van der Waals surface area (Å²) in [5, 5.41) is 8.80. The van der Waals surface area contributed by atoms with Crippen LogP contribution in [0.15, 0.2) is 58.3 Å². The molecule has 1 aliphatic heterocycles. The van der Waals surface area contributed by atoms with Gasteiger partial charge in [-0.2, -0.15) is 13.9 Å². The zero-order valence-electron chi connectivity index (χ0n) is 14.1. The van der Waals surface area contributed by atoms with Gasteiger partial charge in [-0.1, -0.05) is 12.1 Å². The SMILES string of the molecule is N#Cc1ccc(S(=O)(=O)N2CCN(S(=O)(=O)c3ccccc3F)CC2)cc1. The highest BCUT2D eigenvalue weighted by molar-refractivity contribution is 7.89. The van der Waals surface area contributed by atoms with E-state index in [-0.39, 0.29) is 31.1 Å². The summed E-state index contributed by atoms with van der Waals surface area (Å²) in [5.41, 5.74) is 0.342. The van der Waals surface area contributed by atoms with Crippen molar-refractivity contribution in [3.8, 4) is 6.07 Å². The molecule has 0 aromatic heterocycles. The normalized spacial score (nSPS) is 16.7. The molecular formula is C17H16FN3O4S2. The summed E-state index contributed by atoms with van der Waals surface area (Å²) in [6.07, 6.45) is 0. The second-order valence-electron chi connectivity index (χ2n) is 5.87. The fraction of sp³-hybridized carbons (Fsp3) is 0.235. The topological polar surface area (TPSA) is 98.5 Å². The van der Waals surface area contributed by atoms with Gasteiger partial charge in [-0.05, 0) is 36.4 Å². The summed E-state index contributed by atoms with van der Waals surface area (Å²) < 4.78 is 66.7. The molecule has 1 fully saturated rings. The lowest BCUT2D eigenvalue weighted by atomic mass is 10.2. The summed E-state index contributed by atoms with van der Waals surface area (Å²) in [5.74, 6) is -0.842. The third-order valence-corrected chi connectivity index (χ3v) is 8.12. The summed E-state index contributed by atoms with van der Waals surface area (Å²) in [7, 11) is -7.83. The van der Waals surface area contributed by atoms with Crippen LogP contribution in [0.1, 0.15) is 5.56 Å². The summed E-state index contributed by atoms with van der Waals surface area (Å²) >= 11 is 0. The van der Waals surface area contributed by atoms with E-state index in [0.29, 0.717) is 5.56 Å². The molecule has 142 valence electrons. The van der Waals surface area contributed by atoms with Crippen LogP contribution in [0.2, 0.25) is 0 Å². The van der Waals surface area contributed by atoms with E-state index in [9.17, 15) is 21.2 Å². The summed E-state index contributed by atoms with van der Waals surface area (Å²) in [6, 6.07) is 12.5. The maximum atomic E-state index is 13.9. The molecule has 0 radical (unpaired) electrons. The van der Waals surface area contributed by atoms with Crippen molar-refractivity contribution in [1.29, 1.82) is 5.26 Å². The molecule has 7 nitrogen and oxygen atoms in total. The average Bonchev–Trinajstić information content (AvgIpc) is 2.68. The molecule has 2 aromatic carbocycles. The van der Waals surface area contributed by atoms with Gasteiger partial charge in [-0.25, -0.2) is 21.2 Å². The van der Waals surface area contributed by atoms with Crippen molar-refractivity contribution >= 4 is 20.0 Å². The van der Waals surface area contributed by atoms with Crippen molar-refractivity contribution < 1.29 is 21.2 Å². The number of sulfonamides is 2. The molecule has 0 bridgehead atoms. The number of hydrogen-bond acceptors (Lipinski definition) is 5. The van der Waals surface area contributed by atoms with E-state index in [1.807, 2.05) is 6.07 Å². The Morgan fingerprint density at radius 3 is 1.85 bits per heavy atom. The Labute approximate surface area is 157 Å². The molecule has 3 rings (SSSR count).